The van der Waals surface area contributed by atoms with Gasteiger partial charge >= 0.3 is 5.97 Å². The molecule has 0 saturated heterocycles. The first-order valence-corrected chi connectivity index (χ1v) is 6.24. The van der Waals surface area contributed by atoms with Crippen molar-refractivity contribution in [2.45, 2.75) is 13.3 Å². The highest BCUT2D eigenvalue weighted by atomic mass is 16.4. The summed E-state index contributed by atoms with van der Waals surface area (Å²) in [7, 11) is 0. The van der Waals surface area contributed by atoms with Crippen molar-refractivity contribution in [1.29, 1.82) is 0 Å². The Morgan fingerprint density at radius 2 is 2.15 bits per heavy atom. The first-order valence-electron chi connectivity index (χ1n) is 6.24. The summed E-state index contributed by atoms with van der Waals surface area (Å²) in [6, 6.07) is 7.61. The van der Waals surface area contributed by atoms with Crippen molar-refractivity contribution in [2.24, 2.45) is 0 Å². The van der Waals surface area contributed by atoms with E-state index in [2.05, 4.69) is 10.1 Å². The van der Waals surface area contributed by atoms with Gasteiger partial charge in [-0.25, -0.2) is 9.50 Å². The normalized spacial score (nSPS) is 10.8. The fourth-order valence-corrected chi connectivity index (χ4v) is 2.26. The predicted octanol–water partition coefficient (Wildman–Crippen LogP) is 2.33. The number of aryl methyl sites for hydroxylation is 1. The van der Waals surface area contributed by atoms with Crippen LogP contribution in [0.1, 0.15) is 11.1 Å². The summed E-state index contributed by atoms with van der Waals surface area (Å²) in [5.41, 5.74) is 4.46. The van der Waals surface area contributed by atoms with Crippen LogP contribution in [0.25, 0.3) is 16.8 Å². The summed E-state index contributed by atoms with van der Waals surface area (Å²) >= 11 is 0. The van der Waals surface area contributed by atoms with Gasteiger partial charge in [0.2, 0.25) is 0 Å². The average molecular weight is 267 g/mol. The summed E-state index contributed by atoms with van der Waals surface area (Å²) < 4.78 is 1.70. The fourth-order valence-electron chi connectivity index (χ4n) is 2.26. The molecular formula is C15H13N3O2. The first kappa shape index (κ1) is 12.3. The van der Waals surface area contributed by atoms with Crippen molar-refractivity contribution in [3.8, 4) is 11.1 Å². The third-order valence-corrected chi connectivity index (χ3v) is 3.07. The van der Waals surface area contributed by atoms with Gasteiger partial charge in [-0.2, -0.15) is 5.10 Å². The predicted molar refractivity (Wildman–Crippen MR) is 74.5 cm³/mol. The number of fused-ring (bicyclic) bond motifs is 1. The van der Waals surface area contributed by atoms with Gasteiger partial charge in [0.1, 0.15) is 0 Å². The molecule has 0 unspecified atom stereocenters. The number of aromatic nitrogens is 3. The van der Waals surface area contributed by atoms with Crippen molar-refractivity contribution in [3.63, 3.8) is 0 Å². The fraction of sp³-hybridized carbons (Fsp3) is 0.133. The van der Waals surface area contributed by atoms with Crippen molar-refractivity contribution >= 4 is 11.6 Å². The second-order valence-electron chi connectivity index (χ2n) is 4.75. The third-order valence-electron chi connectivity index (χ3n) is 3.07. The maximum Gasteiger partial charge on any atom is 0.307 e. The molecule has 1 aromatic carbocycles. The number of hydrogen-bond donors (Lipinski definition) is 1. The van der Waals surface area contributed by atoms with Gasteiger partial charge in [0, 0.05) is 24.0 Å². The Hall–Kier alpha value is -2.69. The lowest BCUT2D eigenvalue weighted by molar-refractivity contribution is -0.136. The molecular weight excluding hydrogens is 254 g/mol. The lowest BCUT2D eigenvalue weighted by atomic mass is 10.0. The van der Waals surface area contributed by atoms with Gasteiger partial charge in [0.25, 0.3) is 0 Å². The van der Waals surface area contributed by atoms with Gasteiger partial charge in [-0.1, -0.05) is 23.8 Å². The van der Waals surface area contributed by atoms with Crippen LogP contribution in [-0.4, -0.2) is 25.7 Å². The third kappa shape index (κ3) is 2.38. The van der Waals surface area contributed by atoms with Gasteiger partial charge in [-0.05, 0) is 18.1 Å². The molecule has 2 aromatic heterocycles. The van der Waals surface area contributed by atoms with E-state index in [1.165, 1.54) is 0 Å². The molecule has 3 aromatic rings. The largest absolute Gasteiger partial charge is 0.481 e. The molecule has 0 amide bonds. The van der Waals surface area contributed by atoms with Crippen LogP contribution >= 0.6 is 0 Å². The summed E-state index contributed by atoms with van der Waals surface area (Å²) in [5.74, 6) is -0.831. The lowest BCUT2D eigenvalue weighted by Gasteiger charge is -2.07. The summed E-state index contributed by atoms with van der Waals surface area (Å²) in [6.07, 6.45) is 5.38. The van der Waals surface area contributed by atoms with Crippen molar-refractivity contribution < 1.29 is 9.90 Å². The number of nitrogens with zero attached hydrogens (tertiary/aromatic N) is 3. The molecule has 0 aliphatic carbocycles. The van der Waals surface area contributed by atoms with Crippen LogP contribution in [-0.2, 0) is 11.2 Å². The molecule has 1 N–H and O–H groups in total. The Labute approximate surface area is 115 Å². The monoisotopic (exact) mass is 267 g/mol. The van der Waals surface area contributed by atoms with Crippen molar-refractivity contribution in [3.05, 3.63) is 54.0 Å². The maximum absolute atomic E-state index is 10.8. The molecule has 2 heterocycles. The van der Waals surface area contributed by atoms with E-state index < -0.39 is 5.97 Å². The van der Waals surface area contributed by atoms with E-state index in [1.54, 1.807) is 16.9 Å². The van der Waals surface area contributed by atoms with Gasteiger partial charge in [0.05, 0.1) is 12.6 Å². The molecule has 5 heteroatoms. The molecule has 0 spiro atoms. The molecule has 0 radical (unpaired) electrons. The molecule has 0 atom stereocenters. The van der Waals surface area contributed by atoms with E-state index in [9.17, 15) is 4.79 Å². The molecule has 0 saturated carbocycles. The SMILES string of the molecule is Cc1cc(CC(=O)O)cc(-c2cnc3ccnn3c2)c1. The molecule has 0 fully saturated rings. The van der Waals surface area contributed by atoms with Crippen LogP contribution in [0.3, 0.4) is 0 Å². The summed E-state index contributed by atoms with van der Waals surface area (Å²) in [5, 5.41) is 13.1. The van der Waals surface area contributed by atoms with E-state index in [1.807, 2.05) is 37.4 Å². The molecule has 0 aliphatic rings. The highest BCUT2D eigenvalue weighted by Crippen LogP contribution is 2.22. The van der Waals surface area contributed by atoms with Gasteiger partial charge in [-0.3, -0.25) is 4.79 Å². The molecule has 100 valence electrons. The topological polar surface area (TPSA) is 67.5 Å². The molecule has 5 nitrogen and oxygen atoms in total. The van der Waals surface area contributed by atoms with Gasteiger partial charge in [0.15, 0.2) is 5.65 Å². The van der Waals surface area contributed by atoms with E-state index in [0.29, 0.717) is 0 Å². The zero-order valence-electron chi connectivity index (χ0n) is 10.9. The highest BCUT2D eigenvalue weighted by Gasteiger charge is 2.06. The second-order valence-corrected chi connectivity index (χ2v) is 4.75. The van der Waals surface area contributed by atoms with E-state index in [4.69, 9.17) is 5.11 Å². The Morgan fingerprint density at radius 3 is 2.95 bits per heavy atom. The Kier molecular flexibility index (Phi) is 2.95. The molecule has 3 rings (SSSR count). The maximum atomic E-state index is 10.8. The van der Waals surface area contributed by atoms with Gasteiger partial charge in [-0.15, -0.1) is 0 Å². The number of benzene rings is 1. The Morgan fingerprint density at radius 1 is 1.30 bits per heavy atom. The number of rotatable bonds is 3. The zero-order valence-corrected chi connectivity index (χ0v) is 10.9. The minimum absolute atomic E-state index is 0.0200. The lowest BCUT2D eigenvalue weighted by Crippen LogP contribution is -2.01. The van der Waals surface area contributed by atoms with Crippen LogP contribution in [0, 0.1) is 6.92 Å². The number of hydrogen-bond acceptors (Lipinski definition) is 3. The molecule has 0 aliphatic heterocycles. The van der Waals surface area contributed by atoms with E-state index in [-0.39, 0.29) is 6.42 Å². The number of carboxylic acid groups (broad SMARTS) is 1. The quantitative estimate of drug-likeness (QED) is 0.790. The first-order chi connectivity index (χ1) is 9.61. The van der Waals surface area contributed by atoms with Crippen LogP contribution in [0.2, 0.25) is 0 Å². The van der Waals surface area contributed by atoms with Crippen LogP contribution in [0.15, 0.2) is 42.9 Å². The minimum Gasteiger partial charge on any atom is -0.481 e. The summed E-state index contributed by atoms with van der Waals surface area (Å²) in [4.78, 5) is 15.2. The van der Waals surface area contributed by atoms with Crippen molar-refractivity contribution in [2.75, 3.05) is 0 Å². The van der Waals surface area contributed by atoms with Crippen LogP contribution in [0.4, 0.5) is 0 Å². The molecule has 20 heavy (non-hydrogen) atoms. The average Bonchev–Trinajstić information content (AvgIpc) is 2.84. The second kappa shape index (κ2) is 4.77. The van der Waals surface area contributed by atoms with Crippen LogP contribution in [0.5, 0.6) is 0 Å². The smallest absolute Gasteiger partial charge is 0.307 e. The number of carboxylic acids is 1. The van der Waals surface area contributed by atoms with E-state index >= 15 is 0 Å². The Bertz CT molecular complexity index is 793. The highest BCUT2D eigenvalue weighted by molar-refractivity contribution is 5.72. The number of carbonyl (C=O) groups is 1. The van der Waals surface area contributed by atoms with Gasteiger partial charge < -0.3 is 5.11 Å². The molecule has 0 bridgehead atoms. The van der Waals surface area contributed by atoms with Crippen LogP contribution < -0.4 is 0 Å². The Balaban J connectivity index is 2.07. The zero-order chi connectivity index (χ0) is 14.1. The number of aliphatic carboxylic acids is 1. The van der Waals surface area contributed by atoms with Crippen molar-refractivity contribution in [1.82, 2.24) is 14.6 Å². The standard InChI is InChI=1S/C15H13N3O2/c1-10-4-11(7-15(19)20)6-12(5-10)13-8-16-14-2-3-17-18(14)9-13/h2-6,8-9H,7H2,1H3,(H,19,20). The summed E-state index contributed by atoms with van der Waals surface area (Å²) in [6.45, 7) is 1.95. The minimum atomic E-state index is -0.831. The van der Waals surface area contributed by atoms with E-state index in [0.717, 1.165) is 27.9 Å².